The number of hydrogen-bond donors (Lipinski definition) is 1. The predicted molar refractivity (Wildman–Crippen MR) is 74.4 cm³/mol. The van der Waals surface area contributed by atoms with Gasteiger partial charge in [-0.3, -0.25) is 0 Å². The molecule has 0 bridgehead atoms. The summed E-state index contributed by atoms with van der Waals surface area (Å²) in [6.45, 7) is 4.09. The summed E-state index contributed by atoms with van der Waals surface area (Å²) in [4.78, 5) is 2.34. The lowest BCUT2D eigenvalue weighted by molar-refractivity contribution is 0.134. The van der Waals surface area contributed by atoms with Crippen molar-refractivity contribution in [2.45, 2.75) is 32.6 Å². The van der Waals surface area contributed by atoms with Gasteiger partial charge in [0.05, 0.1) is 0 Å². The topological polar surface area (TPSA) is 29.3 Å². The van der Waals surface area contributed by atoms with Crippen molar-refractivity contribution in [2.24, 2.45) is 11.1 Å². The number of aryl methyl sites for hydroxylation is 1. The second-order valence-corrected chi connectivity index (χ2v) is 5.56. The maximum Gasteiger partial charge on any atom is 0.0363 e. The van der Waals surface area contributed by atoms with Crippen LogP contribution in [0.25, 0.3) is 0 Å². The Labute approximate surface area is 105 Å². The smallest absolute Gasteiger partial charge is 0.0363 e. The Morgan fingerprint density at radius 2 is 1.88 bits per heavy atom. The summed E-state index contributed by atoms with van der Waals surface area (Å²) in [6.07, 6.45) is 5.25. The van der Waals surface area contributed by atoms with E-state index in [1.165, 1.54) is 36.9 Å². The molecule has 0 atom stereocenters. The molecule has 1 fully saturated rings. The van der Waals surface area contributed by atoms with Crippen LogP contribution in [0.2, 0.25) is 0 Å². The Morgan fingerprint density at radius 3 is 2.35 bits per heavy atom. The Balaban J connectivity index is 1.88. The van der Waals surface area contributed by atoms with Crippen LogP contribution in [-0.2, 0) is 0 Å². The molecule has 0 radical (unpaired) electrons. The van der Waals surface area contributed by atoms with E-state index in [0.717, 1.165) is 13.1 Å². The molecule has 1 aromatic rings. The summed E-state index contributed by atoms with van der Waals surface area (Å²) in [5.41, 5.74) is 8.98. The summed E-state index contributed by atoms with van der Waals surface area (Å²) in [7, 11) is 2.17. The summed E-state index contributed by atoms with van der Waals surface area (Å²) < 4.78 is 0. The van der Waals surface area contributed by atoms with Gasteiger partial charge in [-0.2, -0.15) is 0 Å². The molecule has 2 heteroatoms. The van der Waals surface area contributed by atoms with Crippen LogP contribution in [0, 0.1) is 12.3 Å². The zero-order valence-electron chi connectivity index (χ0n) is 11.1. The summed E-state index contributed by atoms with van der Waals surface area (Å²) in [5.74, 6) is 0. The minimum absolute atomic E-state index is 0.457. The first-order valence-corrected chi connectivity index (χ1v) is 6.63. The zero-order chi connectivity index (χ0) is 12.3. The van der Waals surface area contributed by atoms with Crippen LogP contribution in [-0.4, -0.2) is 20.1 Å². The van der Waals surface area contributed by atoms with Gasteiger partial charge in [0.1, 0.15) is 0 Å². The van der Waals surface area contributed by atoms with Crippen LogP contribution < -0.4 is 10.6 Å². The Hall–Kier alpha value is -1.02. The maximum atomic E-state index is 5.90. The molecule has 1 aliphatic rings. The van der Waals surface area contributed by atoms with Gasteiger partial charge in [-0.15, -0.1) is 0 Å². The largest absolute Gasteiger partial charge is 0.375 e. The lowest BCUT2D eigenvalue weighted by atomic mass is 9.66. The number of hydrogen-bond acceptors (Lipinski definition) is 2. The van der Waals surface area contributed by atoms with Crippen LogP contribution in [0.5, 0.6) is 0 Å². The number of nitrogens with zero attached hydrogens (tertiary/aromatic N) is 1. The second kappa shape index (κ2) is 5.09. The van der Waals surface area contributed by atoms with Crippen molar-refractivity contribution in [2.75, 3.05) is 25.0 Å². The minimum atomic E-state index is 0.457. The average Bonchev–Trinajstić information content (AvgIpc) is 2.29. The Bertz CT molecular complexity index is 346. The molecule has 94 valence electrons. The molecule has 2 nitrogen and oxygen atoms in total. The third kappa shape index (κ3) is 2.81. The first-order valence-electron chi connectivity index (χ1n) is 6.63. The van der Waals surface area contributed by atoms with Crippen LogP contribution in [0.3, 0.4) is 0 Å². The van der Waals surface area contributed by atoms with Crippen LogP contribution in [0.15, 0.2) is 24.3 Å². The number of rotatable bonds is 5. The fraction of sp³-hybridized carbons (Fsp3) is 0.600. The molecule has 0 aromatic heterocycles. The van der Waals surface area contributed by atoms with Crippen LogP contribution >= 0.6 is 0 Å². The molecule has 0 amide bonds. The second-order valence-electron chi connectivity index (χ2n) is 5.56. The summed E-state index contributed by atoms with van der Waals surface area (Å²) >= 11 is 0. The predicted octanol–water partition coefficient (Wildman–Crippen LogP) is 2.95. The highest BCUT2D eigenvalue weighted by atomic mass is 15.1. The van der Waals surface area contributed by atoms with Crippen LogP contribution in [0.1, 0.15) is 31.2 Å². The molecule has 2 rings (SSSR count). The monoisotopic (exact) mass is 232 g/mol. The third-order valence-electron chi connectivity index (χ3n) is 4.30. The average molecular weight is 232 g/mol. The van der Waals surface area contributed by atoms with Crippen molar-refractivity contribution >= 4 is 5.69 Å². The van der Waals surface area contributed by atoms with Crippen molar-refractivity contribution in [1.82, 2.24) is 0 Å². The van der Waals surface area contributed by atoms with E-state index in [0.29, 0.717) is 5.41 Å². The molecular formula is C15H24N2. The first-order chi connectivity index (χ1) is 8.15. The van der Waals surface area contributed by atoms with Gasteiger partial charge in [0.15, 0.2) is 0 Å². The zero-order valence-corrected chi connectivity index (χ0v) is 11.1. The van der Waals surface area contributed by atoms with E-state index in [4.69, 9.17) is 5.73 Å². The van der Waals surface area contributed by atoms with Gasteiger partial charge in [-0.25, -0.2) is 0 Å². The molecule has 0 aliphatic heterocycles. The number of benzene rings is 1. The highest BCUT2D eigenvalue weighted by Crippen LogP contribution is 2.43. The van der Waals surface area contributed by atoms with Crippen molar-refractivity contribution < 1.29 is 0 Å². The molecule has 0 saturated heterocycles. The number of nitrogens with two attached hydrogens (primary N) is 1. The summed E-state index contributed by atoms with van der Waals surface area (Å²) in [5, 5.41) is 0. The van der Waals surface area contributed by atoms with Gasteiger partial charge in [0.2, 0.25) is 0 Å². The molecular weight excluding hydrogens is 208 g/mol. The quantitative estimate of drug-likeness (QED) is 0.845. The van der Waals surface area contributed by atoms with Gasteiger partial charge >= 0.3 is 0 Å². The van der Waals surface area contributed by atoms with E-state index in [-0.39, 0.29) is 0 Å². The standard InChI is InChI=1S/C15H24N2/c1-13-4-6-14(7-5-13)17(2)11-10-15(12-16)8-3-9-15/h4-7H,3,8-12,16H2,1-2H3. The number of anilines is 1. The van der Waals surface area contributed by atoms with Crippen LogP contribution in [0.4, 0.5) is 5.69 Å². The summed E-state index contributed by atoms with van der Waals surface area (Å²) in [6, 6.07) is 8.75. The van der Waals surface area contributed by atoms with Gasteiger partial charge in [-0.1, -0.05) is 24.1 Å². The minimum Gasteiger partial charge on any atom is -0.375 e. The first kappa shape index (κ1) is 12.4. The SMILES string of the molecule is Cc1ccc(N(C)CCC2(CN)CCC2)cc1. The van der Waals surface area contributed by atoms with E-state index in [1.54, 1.807) is 0 Å². The molecule has 0 unspecified atom stereocenters. The molecule has 1 saturated carbocycles. The van der Waals surface area contributed by atoms with Gasteiger partial charge in [0.25, 0.3) is 0 Å². The Kier molecular flexibility index (Phi) is 3.72. The van der Waals surface area contributed by atoms with E-state index < -0.39 is 0 Å². The fourth-order valence-electron chi connectivity index (χ4n) is 2.57. The molecule has 1 aliphatic carbocycles. The normalized spacial score (nSPS) is 17.6. The van der Waals surface area contributed by atoms with Crippen molar-refractivity contribution in [1.29, 1.82) is 0 Å². The van der Waals surface area contributed by atoms with Crippen molar-refractivity contribution in [3.8, 4) is 0 Å². The third-order valence-corrected chi connectivity index (χ3v) is 4.30. The molecule has 1 aromatic carbocycles. The molecule has 0 heterocycles. The van der Waals surface area contributed by atoms with Gasteiger partial charge in [-0.05, 0) is 50.3 Å². The fourth-order valence-corrected chi connectivity index (χ4v) is 2.57. The van der Waals surface area contributed by atoms with Gasteiger partial charge < -0.3 is 10.6 Å². The maximum absolute atomic E-state index is 5.90. The van der Waals surface area contributed by atoms with E-state index in [9.17, 15) is 0 Å². The molecule has 17 heavy (non-hydrogen) atoms. The lowest BCUT2D eigenvalue weighted by Gasteiger charge is -2.42. The molecule has 2 N–H and O–H groups in total. The lowest BCUT2D eigenvalue weighted by Crippen LogP contribution is -2.40. The van der Waals surface area contributed by atoms with Crippen molar-refractivity contribution in [3.05, 3.63) is 29.8 Å². The van der Waals surface area contributed by atoms with E-state index >= 15 is 0 Å². The highest BCUT2D eigenvalue weighted by molar-refractivity contribution is 5.46. The van der Waals surface area contributed by atoms with Crippen molar-refractivity contribution in [3.63, 3.8) is 0 Å². The van der Waals surface area contributed by atoms with E-state index in [1.807, 2.05) is 0 Å². The highest BCUT2D eigenvalue weighted by Gasteiger charge is 2.35. The van der Waals surface area contributed by atoms with Gasteiger partial charge in [0, 0.05) is 19.3 Å². The molecule has 0 spiro atoms. The Morgan fingerprint density at radius 1 is 1.24 bits per heavy atom. The van der Waals surface area contributed by atoms with E-state index in [2.05, 4.69) is 43.1 Å².